The zero-order valence-electron chi connectivity index (χ0n) is 10.8. The lowest BCUT2D eigenvalue weighted by molar-refractivity contribution is 0.530. The highest BCUT2D eigenvalue weighted by Gasteiger charge is 2.19. The molecule has 2 nitrogen and oxygen atoms in total. The first-order valence-corrected chi connectivity index (χ1v) is 8.33. The molecule has 1 rings (SSSR count). The van der Waals surface area contributed by atoms with Crippen molar-refractivity contribution in [1.29, 1.82) is 0 Å². The summed E-state index contributed by atoms with van der Waals surface area (Å²) in [6.07, 6.45) is 7.58. The van der Waals surface area contributed by atoms with Gasteiger partial charge in [0.25, 0.3) is 0 Å². The topological polar surface area (TPSA) is 29.1 Å². The third kappa shape index (κ3) is 5.44. The molecule has 0 aliphatic heterocycles. The third-order valence-corrected chi connectivity index (χ3v) is 5.08. The van der Waals surface area contributed by atoms with E-state index >= 15 is 0 Å². The zero-order chi connectivity index (χ0) is 11.8. The Hall–Kier alpha value is 0.110. The molecule has 1 fully saturated rings. The van der Waals surface area contributed by atoms with Crippen molar-refractivity contribution in [2.75, 3.05) is 18.1 Å². The summed E-state index contributed by atoms with van der Waals surface area (Å²) in [5.41, 5.74) is 0. The smallest absolute Gasteiger partial charge is 0.0388 e. The Kier molecular flexibility index (Phi) is 7.30. The fourth-order valence-corrected chi connectivity index (χ4v) is 4.20. The molecule has 1 aliphatic carbocycles. The van der Waals surface area contributed by atoms with Crippen LogP contribution in [0.1, 0.15) is 52.4 Å². The molecule has 16 heavy (non-hydrogen) atoms. The molecule has 0 aromatic heterocycles. The molecule has 2 atom stereocenters. The molecule has 3 heteroatoms. The van der Waals surface area contributed by atoms with E-state index in [0.29, 0.717) is 6.04 Å². The minimum atomic E-state index is -0.606. The quantitative estimate of drug-likeness (QED) is 0.712. The molecule has 0 bridgehead atoms. The lowest BCUT2D eigenvalue weighted by atomic mass is 10.1. The number of hydrogen-bond acceptors (Lipinski definition) is 2. The Labute approximate surface area is 103 Å². The van der Waals surface area contributed by atoms with E-state index in [4.69, 9.17) is 0 Å². The van der Waals surface area contributed by atoms with Gasteiger partial charge in [0, 0.05) is 28.3 Å². The maximum atomic E-state index is 12.0. The summed E-state index contributed by atoms with van der Waals surface area (Å²) >= 11 is 0. The molecule has 2 unspecified atom stereocenters. The highest BCUT2D eigenvalue weighted by atomic mass is 32.2. The SMILES string of the molecule is CCCNC(CC)CS(=O)CC1CCCC1. The van der Waals surface area contributed by atoms with Gasteiger partial charge in [0.15, 0.2) is 0 Å². The molecule has 0 saturated heterocycles. The second kappa shape index (κ2) is 8.24. The van der Waals surface area contributed by atoms with Crippen LogP contribution in [-0.2, 0) is 10.8 Å². The third-order valence-electron chi connectivity index (χ3n) is 3.46. The highest BCUT2D eigenvalue weighted by molar-refractivity contribution is 7.85. The largest absolute Gasteiger partial charge is 0.313 e. The number of rotatable bonds is 8. The van der Waals surface area contributed by atoms with Crippen LogP contribution in [0.4, 0.5) is 0 Å². The van der Waals surface area contributed by atoms with Gasteiger partial charge in [0.1, 0.15) is 0 Å². The fraction of sp³-hybridized carbons (Fsp3) is 1.00. The van der Waals surface area contributed by atoms with E-state index in [9.17, 15) is 4.21 Å². The summed E-state index contributed by atoms with van der Waals surface area (Å²) in [6, 6.07) is 0.460. The van der Waals surface area contributed by atoms with E-state index in [1.807, 2.05) is 0 Å². The Balaban J connectivity index is 2.19. The van der Waals surface area contributed by atoms with Crippen LogP contribution < -0.4 is 5.32 Å². The van der Waals surface area contributed by atoms with Crippen molar-refractivity contribution in [3.63, 3.8) is 0 Å². The van der Waals surface area contributed by atoms with E-state index < -0.39 is 10.8 Å². The van der Waals surface area contributed by atoms with E-state index in [1.165, 1.54) is 25.7 Å². The average Bonchev–Trinajstić information content (AvgIpc) is 2.76. The van der Waals surface area contributed by atoms with Crippen LogP contribution >= 0.6 is 0 Å². The van der Waals surface area contributed by atoms with Crippen LogP contribution in [0.2, 0.25) is 0 Å². The summed E-state index contributed by atoms with van der Waals surface area (Å²) in [5, 5.41) is 3.48. The molecule has 0 amide bonds. The molecule has 0 radical (unpaired) electrons. The van der Waals surface area contributed by atoms with Gasteiger partial charge in [0.05, 0.1) is 0 Å². The Morgan fingerprint density at radius 3 is 2.56 bits per heavy atom. The Morgan fingerprint density at radius 1 is 1.31 bits per heavy atom. The van der Waals surface area contributed by atoms with E-state index in [1.54, 1.807) is 0 Å². The van der Waals surface area contributed by atoms with Crippen molar-refractivity contribution >= 4 is 10.8 Å². The Bertz CT molecular complexity index is 202. The van der Waals surface area contributed by atoms with Crippen LogP contribution in [-0.4, -0.2) is 28.3 Å². The van der Waals surface area contributed by atoms with Gasteiger partial charge in [-0.15, -0.1) is 0 Å². The van der Waals surface area contributed by atoms with Gasteiger partial charge >= 0.3 is 0 Å². The van der Waals surface area contributed by atoms with E-state index in [-0.39, 0.29) is 0 Å². The van der Waals surface area contributed by atoms with E-state index in [0.717, 1.165) is 36.8 Å². The van der Waals surface area contributed by atoms with Crippen molar-refractivity contribution in [3.8, 4) is 0 Å². The van der Waals surface area contributed by atoms with Crippen molar-refractivity contribution in [2.45, 2.75) is 58.4 Å². The van der Waals surface area contributed by atoms with Gasteiger partial charge in [-0.05, 0) is 38.1 Å². The normalized spacial score (nSPS) is 21.1. The first-order chi connectivity index (χ1) is 7.76. The van der Waals surface area contributed by atoms with Crippen LogP contribution in [0.5, 0.6) is 0 Å². The zero-order valence-corrected chi connectivity index (χ0v) is 11.7. The molecule has 0 aromatic rings. The summed E-state index contributed by atoms with van der Waals surface area (Å²) in [4.78, 5) is 0. The molecule has 0 heterocycles. The molecular formula is C13H27NOS. The van der Waals surface area contributed by atoms with Gasteiger partial charge in [-0.25, -0.2) is 0 Å². The average molecular weight is 245 g/mol. The monoisotopic (exact) mass is 245 g/mol. The molecule has 0 spiro atoms. The molecule has 1 saturated carbocycles. The molecule has 96 valence electrons. The molecular weight excluding hydrogens is 218 g/mol. The molecule has 0 aromatic carbocycles. The lowest BCUT2D eigenvalue weighted by Crippen LogP contribution is -2.35. The first kappa shape index (κ1) is 14.2. The van der Waals surface area contributed by atoms with Crippen LogP contribution in [0.15, 0.2) is 0 Å². The van der Waals surface area contributed by atoms with Crippen molar-refractivity contribution in [2.24, 2.45) is 5.92 Å². The number of nitrogens with one attached hydrogen (secondary N) is 1. The maximum absolute atomic E-state index is 12.0. The molecule has 1 aliphatic rings. The lowest BCUT2D eigenvalue weighted by Gasteiger charge is -2.17. The van der Waals surface area contributed by atoms with Crippen LogP contribution in [0, 0.1) is 5.92 Å². The van der Waals surface area contributed by atoms with Crippen LogP contribution in [0.25, 0.3) is 0 Å². The van der Waals surface area contributed by atoms with E-state index in [2.05, 4.69) is 19.2 Å². The van der Waals surface area contributed by atoms with Gasteiger partial charge in [0.2, 0.25) is 0 Å². The highest BCUT2D eigenvalue weighted by Crippen LogP contribution is 2.25. The van der Waals surface area contributed by atoms with Gasteiger partial charge < -0.3 is 5.32 Å². The minimum absolute atomic E-state index is 0.460. The maximum Gasteiger partial charge on any atom is 0.0388 e. The van der Waals surface area contributed by atoms with Gasteiger partial charge in [-0.1, -0.05) is 26.7 Å². The second-order valence-electron chi connectivity index (χ2n) is 4.98. The fourth-order valence-electron chi connectivity index (χ4n) is 2.40. The van der Waals surface area contributed by atoms with Crippen LogP contribution in [0.3, 0.4) is 0 Å². The van der Waals surface area contributed by atoms with Crippen molar-refractivity contribution in [1.82, 2.24) is 5.32 Å². The van der Waals surface area contributed by atoms with Gasteiger partial charge in [-0.3, -0.25) is 4.21 Å². The van der Waals surface area contributed by atoms with Gasteiger partial charge in [-0.2, -0.15) is 0 Å². The summed E-state index contributed by atoms with van der Waals surface area (Å²) in [6.45, 7) is 5.41. The summed E-state index contributed by atoms with van der Waals surface area (Å²) in [7, 11) is -0.606. The minimum Gasteiger partial charge on any atom is -0.313 e. The first-order valence-electron chi connectivity index (χ1n) is 6.84. The van der Waals surface area contributed by atoms with Crippen molar-refractivity contribution < 1.29 is 4.21 Å². The summed E-state index contributed by atoms with van der Waals surface area (Å²) in [5.74, 6) is 2.56. The predicted molar refractivity (Wildman–Crippen MR) is 72.2 cm³/mol. The second-order valence-corrected chi connectivity index (χ2v) is 6.53. The number of hydrogen-bond donors (Lipinski definition) is 1. The van der Waals surface area contributed by atoms with Crippen molar-refractivity contribution in [3.05, 3.63) is 0 Å². The predicted octanol–water partition coefficient (Wildman–Crippen LogP) is 2.70. The Morgan fingerprint density at radius 2 is 2.00 bits per heavy atom. The summed E-state index contributed by atoms with van der Waals surface area (Å²) < 4.78 is 12.0. The molecule has 1 N–H and O–H groups in total. The standard InChI is InChI=1S/C13H27NOS/c1-3-9-14-13(4-2)11-16(15)10-12-7-5-6-8-12/h12-14H,3-11H2,1-2H3.